The lowest BCUT2D eigenvalue weighted by molar-refractivity contribution is 0.442. The third-order valence-electron chi connectivity index (χ3n) is 3.14. The number of nitrogens with zero attached hydrogens (tertiary/aromatic N) is 1. The van der Waals surface area contributed by atoms with Gasteiger partial charge in [-0.05, 0) is 30.3 Å². The molecular weight excluding hydrogens is 291 g/mol. The lowest BCUT2D eigenvalue weighted by atomic mass is 10.2. The molecule has 0 aliphatic carbocycles. The smallest absolute Gasteiger partial charge is 0.174 e. The highest BCUT2D eigenvalue weighted by Gasteiger charge is 2.08. The lowest BCUT2D eigenvalue weighted by Gasteiger charge is -2.08. The number of para-hydroxylation sites is 2. The number of nitrogens with one attached hydrogen (secondary N) is 1. The third kappa shape index (κ3) is 3.95. The van der Waals surface area contributed by atoms with Gasteiger partial charge in [-0.2, -0.15) is 5.10 Å². The maximum atomic E-state index is 14.4. The molecule has 0 spiro atoms. The fourth-order valence-corrected chi connectivity index (χ4v) is 2.01. The van der Waals surface area contributed by atoms with Crippen LogP contribution in [0.15, 0.2) is 84.0 Å². The van der Waals surface area contributed by atoms with Crippen LogP contribution in [0.5, 0.6) is 11.5 Å². The van der Waals surface area contributed by atoms with Crippen molar-refractivity contribution in [3.05, 3.63) is 90.2 Å². The molecule has 0 unspecified atom stereocenters. The van der Waals surface area contributed by atoms with Crippen LogP contribution < -0.4 is 10.2 Å². The Hall–Kier alpha value is -3.14. The van der Waals surface area contributed by atoms with Crippen molar-refractivity contribution in [1.82, 2.24) is 0 Å². The highest BCUT2D eigenvalue weighted by atomic mass is 19.1. The van der Waals surface area contributed by atoms with Crippen LogP contribution in [0.25, 0.3) is 0 Å². The Bertz CT molecular complexity index is 789. The molecule has 23 heavy (non-hydrogen) atoms. The highest BCUT2D eigenvalue weighted by Crippen LogP contribution is 2.25. The van der Waals surface area contributed by atoms with Gasteiger partial charge in [-0.15, -0.1) is 0 Å². The van der Waals surface area contributed by atoms with Crippen molar-refractivity contribution in [2.75, 3.05) is 5.43 Å². The Balaban J connectivity index is 1.74. The van der Waals surface area contributed by atoms with Crippen LogP contribution in [0.1, 0.15) is 5.56 Å². The molecule has 1 N–H and O–H groups in total. The molecule has 0 heterocycles. The summed E-state index contributed by atoms with van der Waals surface area (Å²) < 4.78 is 20.0. The van der Waals surface area contributed by atoms with E-state index in [0.717, 1.165) is 5.69 Å². The average molecular weight is 306 g/mol. The minimum absolute atomic E-state index is 0.167. The molecule has 0 aromatic heterocycles. The van der Waals surface area contributed by atoms with Crippen molar-refractivity contribution in [3.63, 3.8) is 0 Å². The van der Waals surface area contributed by atoms with Gasteiger partial charge in [0.2, 0.25) is 0 Å². The van der Waals surface area contributed by atoms with E-state index in [-0.39, 0.29) is 5.75 Å². The van der Waals surface area contributed by atoms with Crippen molar-refractivity contribution in [1.29, 1.82) is 0 Å². The summed E-state index contributed by atoms with van der Waals surface area (Å²) in [4.78, 5) is 0. The number of hydrogen-bond acceptors (Lipinski definition) is 3. The van der Waals surface area contributed by atoms with Gasteiger partial charge in [0.25, 0.3) is 0 Å². The Kier molecular flexibility index (Phi) is 4.64. The van der Waals surface area contributed by atoms with Gasteiger partial charge in [-0.3, -0.25) is 5.43 Å². The van der Waals surface area contributed by atoms with E-state index in [9.17, 15) is 4.39 Å². The summed E-state index contributed by atoms with van der Waals surface area (Å²) in [6.07, 6.45) is 1.43. The van der Waals surface area contributed by atoms with E-state index in [1.165, 1.54) is 6.21 Å². The molecule has 0 saturated carbocycles. The molecule has 3 rings (SSSR count). The van der Waals surface area contributed by atoms with E-state index < -0.39 is 5.82 Å². The summed E-state index contributed by atoms with van der Waals surface area (Å²) in [5.74, 6) is 0.303. The molecule has 0 aliphatic rings. The van der Waals surface area contributed by atoms with E-state index in [0.29, 0.717) is 11.3 Å². The van der Waals surface area contributed by atoms with E-state index in [4.69, 9.17) is 4.74 Å². The fraction of sp³-hybridized carbons (Fsp3) is 0. The summed E-state index contributed by atoms with van der Waals surface area (Å²) >= 11 is 0. The second-order valence-corrected chi connectivity index (χ2v) is 4.81. The van der Waals surface area contributed by atoms with Gasteiger partial charge in [0.05, 0.1) is 11.9 Å². The minimum atomic E-state index is -0.449. The Morgan fingerprint density at radius 2 is 1.52 bits per heavy atom. The fourth-order valence-electron chi connectivity index (χ4n) is 2.01. The SMILES string of the molecule is Fc1c(C=NNc2ccccc2)cccc1Oc1ccccc1. The normalized spacial score (nSPS) is 10.7. The Morgan fingerprint density at radius 1 is 0.826 bits per heavy atom. The molecule has 0 aliphatic heterocycles. The first-order chi connectivity index (χ1) is 11.3. The molecule has 4 heteroatoms. The number of hydrazone groups is 1. The molecule has 0 fully saturated rings. The van der Waals surface area contributed by atoms with E-state index >= 15 is 0 Å². The maximum absolute atomic E-state index is 14.4. The molecule has 3 nitrogen and oxygen atoms in total. The second kappa shape index (κ2) is 7.22. The van der Waals surface area contributed by atoms with Crippen molar-refractivity contribution < 1.29 is 9.13 Å². The highest BCUT2D eigenvalue weighted by molar-refractivity contribution is 5.81. The molecule has 0 saturated heterocycles. The van der Waals surface area contributed by atoms with Crippen LogP contribution in [-0.4, -0.2) is 6.21 Å². The van der Waals surface area contributed by atoms with Gasteiger partial charge >= 0.3 is 0 Å². The number of ether oxygens (including phenoxy) is 1. The molecule has 114 valence electrons. The van der Waals surface area contributed by atoms with Crippen molar-refractivity contribution in [2.45, 2.75) is 0 Å². The zero-order valence-corrected chi connectivity index (χ0v) is 12.3. The molecule has 0 radical (unpaired) electrons. The number of hydrogen-bond donors (Lipinski definition) is 1. The number of anilines is 1. The van der Waals surface area contributed by atoms with Crippen molar-refractivity contribution in [3.8, 4) is 11.5 Å². The summed E-state index contributed by atoms with van der Waals surface area (Å²) in [5, 5.41) is 4.05. The van der Waals surface area contributed by atoms with Crippen LogP contribution in [0.4, 0.5) is 10.1 Å². The Morgan fingerprint density at radius 3 is 2.26 bits per heavy atom. The van der Waals surface area contributed by atoms with Crippen LogP contribution in [0.2, 0.25) is 0 Å². The van der Waals surface area contributed by atoms with Gasteiger partial charge in [0.1, 0.15) is 5.75 Å². The second-order valence-electron chi connectivity index (χ2n) is 4.81. The molecule has 3 aromatic rings. The molecule has 0 amide bonds. The van der Waals surface area contributed by atoms with Crippen molar-refractivity contribution >= 4 is 11.9 Å². The number of benzene rings is 3. The van der Waals surface area contributed by atoms with Crippen LogP contribution in [-0.2, 0) is 0 Å². The molecular formula is C19H15FN2O. The predicted octanol–water partition coefficient (Wildman–Crippen LogP) is 5.06. The first-order valence-electron chi connectivity index (χ1n) is 7.18. The first kappa shape index (κ1) is 14.8. The van der Waals surface area contributed by atoms with Crippen LogP contribution in [0, 0.1) is 5.82 Å². The summed E-state index contributed by atoms with van der Waals surface area (Å²) in [6.45, 7) is 0. The summed E-state index contributed by atoms with van der Waals surface area (Å²) in [5.41, 5.74) is 4.03. The lowest BCUT2D eigenvalue weighted by Crippen LogP contribution is -1.96. The van der Waals surface area contributed by atoms with Gasteiger partial charge in [0, 0.05) is 5.56 Å². The third-order valence-corrected chi connectivity index (χ3v) is 3.14. The van der Waals surface area contributed by atoms with Gasteiger partial charge < -0.3 is 4.74 Å². The Labute approximate surface area is 134 Å². The molecule has 3 aromatic carbocycles. The van der Waals surface area contributed by atoms with E-state index in [1.54, 1.807) is 30.3 Å². The standard InChI is InChI=1S/C19H15FN2O/c20-19-15(14-21-22-16-9-3-1-4-10-16)8-7-13-18(19)23-17-11-5-2-6-12-17/h1-14,22H. The zero-order valence-electron chi connectivity index (χ0n) is 12.3. The van der Waals surface area contributed by atoms with Crippen LogP contribution in [0.3, 0.4) is 0 Å². The largest absolute Gasteiger partial charge is 0.454 e. The van der Waals surface area contributed by atoms with Gasteiger partial charge in [-0.1, -0.05) is 48.5 Å². The zero-order chi connectivity index (χ0) is 15.9. The van der Waals surface area contributed by atoms with Gasteiger partial charge in [-0.25, -0.2) is 4.39 Å². The van der Waals surface area contributed by atoms with Crippen LogP contribution >= 0.6 is 0 Å². The molecule has 0 atom stereocenters. The quantitative estimate of drug-likeness (QED) is 0.528. The van der Waals surface area contributed by atoms with E-state index in [2.05, 4.69) is 10.5 Å². The number of rotatable bonds is 5. The minimum Gasteiger partial charge on any atom is -0.454 e. The van der Waals surface area contributed by atoms with E-state index in [1.807, 2.05) is 48.5 Å². The maximum Gasteiger partial charge on any atom is 0.174 e. The first-order valence-corrected chi connectivity index (χ1v) is 7.18. The topological polar surface area (TPSA) is 33.6 Å². The average Bonchev–Trinajstić information content (AvgIpc) is 2.60. The monoisotopic (exact) mass is 306 g/mol. The van der Waals surface area contributed by atoms with Gasteiger partial charge in [0.15, 0.2) is 11.6 Å². The summed E-state index contributed by atoms with van der Waals surface area (Å²) in [7, 11) is 0. The molecule has 0 bridgehead atoms. The predicted molar refractivity (Wildman–Crippen MR) is 90.6 cm³/mol. The van der Waals surface area contributed by atoms with Crippen molar-refractivity contribution in [2.24, 2.45) is 5.10 Å². The summed E-state index contributed by atoms with van der Waals surface area (Å²) in [6, 6.07) is 23.5. The number of halogens is 1.